The van der Waals surface area contributed by atoms with Crippen molar-refractivity contribution in [2.24, 2.45) is 11.3 Å². The van der Waals surface area contributed by atoms with E-state index in [0.717, 1.165) is 0 Å². The summed E-state index contributed by atoms with van der Waals surface area (Å²) in [6.45, 7) is 15.9. The van der Waals surface area contributed by atoms with Gasteiger partial charge in [0, 0.05) is 17.4 Å². The van der Waals surface area contributed by atoms with Crippen molar-refractivity contribution < 1.29 is 14.4 Å². The van der Waals surface area contributed by atoms with Gasteiger partial charge in [0.25, 0.3) is 0 Å². The smallest absolute Gasteiger partial charge is 0.315 e. The van der Waals surface area contributed by atoms with Gasteiger partial charge in [-0.2, -0.15) is 4.98 Å². The van der Waals surface area contributed by atoms with Crippen LogP contribution in [0.1, 0.15) is 73.1 Å². The van der Waals surface area contributed by atoms with Gasteiger partial charge in [0.2, 0.25) is 5.89 Å². The highest BCUT2D eigenvalue weighted by Crippen LogP contribution is 2.25. The molecular formula is C17H32N4O3. The number of aliphatic hydroxyl groups is 1. The zero-order valence-corrected chi connectivity index (χ0v) is 16.1. The van der Waals surface area contributed by atoms with Crippen molar-refractivity contribution in [1.29, 1.82) is 0 Å². The summed E-state index contributed by atoms with van der Waals surface area (Å²) in [5.41, 5.74) is -0.626. The van der Waals surface area contributed by atoms with Crippen molar-refractivity contribution in [2.45, 2.75) is 73.0 Å². The molecule has 24 heavy (non-hydrogen) atoms. The monoisotopic (exact) mass is 340 g/mol. The molecule has 1 heterocycles. The molecule has 0 fully saturated rings. The van der Waals surface area contributed by atoms with Crippen LogP contribution in [0.15, 0.2) is 4.52 Å². The predicted octanol–water partition coefficient (Wildman–Crippen LogP) is 2.77. The van der Waals surface area contributed by atoms with Crippen LogP contribution < -0.4 is 10.6 Å². The fourth-order valence-corrected chi connectivity index (χ4v) is 2.34. The fourth-order valence-electron chi connectivity index (χ4n) is 2.34. The summed E-state index contributed by atoms with van der Waals surface area (Å²) >= 11 is 0. The molecule has 2 atom stereocenters. The van der Waals surface area contributed by atoms with Crippen molar-refractivity contribution in [3.63, 3.8) is 0 Å². The SMILES string of the molecule is CC(NC(=O)NCC(C)(C)C(O)C(C)C)c1nc(C(C)(C)C)no1. The molecule has 0 aromatic carbocycles. The van der Waals surface area contributed by atoms with Gasteiger partial charge in [-0.3, -0.25) is 0 Å². The Kier molecular flexibility index (Phi) is 6.38. The minimum atomic E-state index is -0.500. The Balaban J connectivity index is 2.57. The summed E-state index contributed by atoms with van der Waals surface area (Å²) in [5, 5.41) is 19.7. The predicted molar refractivity (Wildman–Crippen MR) is 92.6 cm³/mol. The minimum Gasteiger partial charge on any atom is -0.392 e. The van der Waals surface area contributed by atoms with E-state index >= 15 is 0 Å². The first kappa shape index (κ1) is 20.4. The van der Waals surface area contributed by atoms with E-state index in [1.807, 2.05) is 48.5 Å². The zero-order valence-electron chi connectivity index (χ0n) is 16.1. The third kappa shape index (κ3) is 5.47. The summed E-state index contributed by atoms with van der Waals surface area (Å²) in [5.74, 6) is 1.10. The summed E-state index contributed by atoms with van der Waals surface area (Å²) in [4.78, 5) is 16.4. The van der Waals surface area contributed by atoms with Crippen LogP contribution in [0, 0.1) is 11.3 Å². The number of nitrogens with zero attached hydrogens (tertiary/aromatic N) is 2. The number of aromatic nitrogens is 2. The van der Waals surface area contributed by atoms with Gasteiger partial charge in [0.1, 0.15) is 6.04 Å². The Hall–Kier alpha value is -1.63. The second-order valence-electron chi connectivity index (χ2n) is 8.43. The van der Waals surface area contributed by atoms with Crippen LogP contribution in [0.3, 0.4) is 0 Å². The van der Waals surface area contributed by atoms with Gasteiger partial charge in [-0.05, 0) is 12.8 Å². The lowest BCUT2D eigenvalue weighted by Gasteiger charge is -2.33. The van der Waals surface area contributed by atoms with Gasteiger partial charge in [-0.25, -0.2) is 4.79 Å². The number of hydrogen-bond donors (Lipinski definition) is 3. The molecule has 1 rings (SSSR count). The molecule has 7 heteroatoms. The van der Waals surface area contributed by atoms with Crippen LogP contribution in [-0.2, 0) is 5.41 Å². The summed E-state index contributed by atoms with van der Waals surface area (Å²) in [7, 11) is 0. The molecule has 1 aromatic heterocycles. The highest BCUT2D eigenvalue weighted by Gasteiger charge is 2.31. The van der Waals surface area contributed by atoms with Crippen LogP contribution in [0.2, 0.25) is 0 Å². The first-order valence-corrected chi connectivity index (χ1v) is 8.41. The van der Waals surface area contributed by atoms with Crippen LogP contribution in [0.5, 0.6) is 0 Å². The van der Waals surface area contributed by atoms with Gasteiger partial charge in [-0.15, -0.1) is 0 Å². The van der Waals surface area contributed by atoms with Crippen molar-refractivity contribution in [2.75, 3.05) is 6.54 Å². The van der Waals surface area contributed by atoms with E-state index in [1.54, 1.807) is 6.92 Å². The Bertz CT molecular complexity index is 546. The van der Waals surface area contributed by atoms with Gasteiger partial charge < -0.3 is 20.3 Å². The van der Waals surface area contributed by atoms with E-state index in [0.29, 0.717) is 18.3 Å². The first-order valence-electron chi connectivity index (χ1n) is 8.41. The van der Waals surface area contributed by atoms with E-state index in [2.05, 4.69) is 20.8 Å². The lowest BCUT2D eigenvalue weighted by Crippen LogP contribution is -2.46. The van der Waals surface area contributed by atoms with E-state index < -0.39 is 17.6 Å². The third-order valence-corrected chi connectivity index (χ3v) is 3.97. The third-order valence-electron chi connectivity index (χ3n) is 3.97. The van der Waals surface area contributed by atoms with Crippen LogP contribution in [0.4, 0.5) is 4.79 Å². The molecule has 138 valence electrons. The Morgan fingerprint density at radius 1 is 1.21 bits per heavy atom. The van der Waals surface area contributed by atoms with Crippen molar-refractivity contribution in [3.05, 3.63) is 11.7 Å². The molecule has 3 N–H and O–H groups in total. The number of amides is 2. The number of rotatable bonds is 6. The Morgan fingerprint density at radius 3 is 2.25 bits per heavy atom. The van der Waals surface area contributed by atoms with Crippen LogP contribution in [0.25, 0.3) is 0 Å². The number of carbonyl (C=O) groups excluding carboxylic acids is 1. The standard InChI is InChI=1S/C17H32N4O3/c1-10(2)12(22)17(7,8)9-18-15(23)19-11(3)13-20-14(21-24-13)16(4,5)6/h10-12,22H,9H2,1-8H3,(H2,18,19,23). The van der Waals surface area contributed by atoms with Crippen molar-refractivity contribution >= 4 is 6.03 Å². The summed E-state index contributed by atoms with van der Waals surface area (Å²) < 4.78 is 5.23. The molecule has 1 aromatic rings. The van der Waals surface area contributed by atoms with Crippen molar-refractivity contribution in [3.8, 4) is 0 Å². The number of aliphatic hydroxyl groups excluding tert-OH is 1. The Morgan fingerprint density at radius 2 is 1.79 bits per heavy atom. The quantitative estimate of drug-likeness (QED) is 0.739. The molecule has 0 aliphatic heterocycles. The number of nitrogens with one attached hydrogen (secondary N) is 2. The molecule has 0 saturated heterocycles. The number of carbonyl (C=O) groups is 1. The van der Waals surface area contributed by atoms with E-state index in [4.69, 9.17) is 4.52 Å². The maximum atomic E-state index is 12.1. The van der Waals surface area contributed by atoms with Gasteiger partial charge in [-0.1, -0.05) is 53.6 Å². The lowest BCUT2D eigenvalue weighted by atomic mass is 9.81. The van der Waals surface area contributed by atoms with Gasteiger partial charge in [0.05, 0.1) is 6.10 Å². The van der Waals surface area contributed by atoms with Crippen LogP contribution >= 0.6 is 0 Å². The maximum Gasteiger partial charge on any atom is 0.315 e. The summed E-state index contributed by atoms with van der Waals surface area (Å²) in [6.07, 6.45) is -0.500. The molecular weight excluding hydrogens is 308 g/mol. The first-order chi connectivity index (χ1) is 10.8. The second-order valence-corrected chi connectivity index (χ2v) is 8.43. The van der Waals surface area contributed by atoms with E-state index in [-0.39, 0.29) is 17.4 Å². The van der Waals surface area contributed by atoms with Crippen LogP contribution in [-0.4, -0.2) is 33.9 Å². The number of hydrogen-bond acceptors (Lipinski definition) is 5. The lowest BCUT2D eigenvalue weighted by molar-refractivity contribution is 0.0151. The second kappa shape index (κ2) is 7.51. The maximum absolute atomic E-state index is 12.1. The largest absolute Gasteiger partial charge is 0.392 e. The minimum absolute atomic E-state index is 0.123. The molecule has 0 spiro atoms. The molecule has 0 bridgehead atoms. The molecule has 0 radical (unpaired) electrons. The molecule has 2 amide bonds. The van der Waals surface area contributed by atoms with Crippen molar-refractivity contribution in [1.82, 2.24) is 20.8 Å². The molecule has 0 aliphatic rings. The molecule has 2 unspecified atom stereocenters. The Labute approximate surface area is 144 Å². The van der Waals surface area contributed by atoms with Gasteiger partial charge in [0.15, 0.2) is 5.82 Å². The van der Waals surface area contributed by atoms with Gasteiger partial charge >= 0.3 is 6.03 Å². The fraction of sp³-hybridized carbons (Fsp3) is 0.824. The molecule has 7 nitrogen and oxygen atoms in total. The highest BCUT2D eigenvalue weighted by molar-refractivity contribution is 5.74. The highest BCUT2D eigenvalue weighted by atomic mass is 16.5. The topological polar surface area (TPSA) is 100 Å². The molecule has 0 aliphatic carbocycles. The van der Waals surface area contributed by atoms with E-state index in [9.17, 15) is 9.90 Å². The number of urea groups is 1. The normalized spacial score (nSPS) is 15.2. The zero-order chi connectivity index (χ0) is 18.7. The average Bonchev–Trinajstić information content (AvgIpc) is 2.94. The van der Waals surface area contributed by atoms with E-state index in [1.165, 1.54) is 0 Å². The average molecular weight is 340 g/mol. The summed E-state index contributed by atoms with van der Waals surface area (Å²) in [6, 6.07) is -0.728. The molecule has 0 saturated carbocycles.